The second-order valence-electron chi connectivity index (χ2n) is 4.38. The summed E-state index contributed by atoms with van der Waals surface area (Å²) in [5, 5.41) is 8.69. The SMILES string of the molecule is O=C(O)c1cnc(N2CCC(C(F)(F)F)CC2)nc1. The lowest BCUT2D eigenvalue weighted by molar-refractivity contribution is -0.179. The number of halogens is 3. The molecule has 19 heavy (non-hydrogen) atoms. The normalized spacial score (nSPS) is 17.5. The van der Waals surface area contributed by atoms with Crippen molar-refractivity contribution >= 4 is 11.9 Å². The van der Waals surface area contributed by atoms with Crippen LogP contribution >= 0.6 is 0 Å². The number of hydrogen-bond donors (Lipinski definition) is 1. The van der Waals surface area contributed by atoms with E-state index >= 15 is 0 Å². The quantitative estimate of drug-likeness (QED) is 0.893. The number of nitrogens with zero attached hydrogens (tertiary/aromatic N) is 3. The van der Waals surface area contributed by atoms with Gasteiger partial charge in [0.15, 0.2) is 0 Å². The van der Waals surface area contributed by atoms with E-state index in [-0.39, 0.29) is 37.4 Å². The topological polar surface area (TPSA) is 66.3 Å². The molecule has 0 spiro atoms. The Hall–Kier alpha value is -1.86. The molecule has 8 heteroatoms. The number of piperidine rings is 1. The molecule has 0 radical (unpaired) electrons. The number of carbonyl (C=O) groups is 1. The van der Waals surface area contributed by atoms with Crippen molar-refractivity contribution in [1.29, 1.82) is 0 Å². The Morgan fingerprint density at radius 3 is 2.21 bits per heavy atom. The van der Waals surface area contributed by atoms with Gasteiger partial charge < -0.3 is 10.0 Å². The van der Waals surface area contributed by atoms with Gasteiger partial charge in [0.05, 0.1) is 11.5 Å². The Morgan fingerprint density at radius 1 is 1.26 bits per heavy atom. The molecule has 0 aromatic carbocycles. The van der Waals surface area contributed by atoms with Crippen molar-refractivity contribution in [3.63, 3.8) is 0 Å². The molecule has 0 atom stereocenters. The van der Waals surface area contributed by atoms with Crippen molar-refractivity contribution in [1.82, 2.24) is 9.97 Å². The van der Waals surface area contributed by atoms with E-state index in [9.17, 15) is 18.0 Å². The van der Waals surface area contributed by atoms with Crippen LogP contribution in [0.3, 0.4) is 0 Å². The van der Waals surface area contributed by atoms with Crippen LogP contribution in [0.15, 0.2) is 12.4 Å². The lowest BCUT2D eigenvalue weighted by Crippen LogP contribution is -2.39. The van der Waals surface area contributed by atoms with Gasteiger partial charge in [-0.15, -0.1) is 0 Å². The number of aromatic nitrogens is 2. The average Bonchev–Trinajstić information content (AvgIpc) is 2.38. The van der Waals surface area contributed by atoms with Crippen molar-refractivity contribution in [2.45, 2.75) is 19.0 Å². The largest absolute Gasteiger partial charge is 0.478 e. The first-order chi connectivity index (χ1) is 8.88. The maximum atomic E-state index is 12.5. The van der Waals surface area contributed by atoms with Crippen molar-refractivity contribution in [3.8, 4) is 0 Å². The minimum absolute atomic E-state index is 0.00748. The zero-order valence-corrected chi connectivity index (χ0v) is 9.89. The molecule has 1 aliphatic heterocycles. The molecule has 0 unspecified atom stereocenters. The van der Waals surface area contributed by atoms with E-state index in [0.717, 1.165) is 12.4 Å². The van der Waals surface area contributed by atoms with Gasteiger partial charge in [-0.2, -0.15) is 13.2 Å². The highest BCUT2D eigenvalue weighted by atomic mass is 19.4. The van der Waals surface area contributed by atoms with Gasteiger partial charge in [0.1, 0.15) is 0 Å². The average molecular weight is 275 g/mol. The number of hydrogen-bond acceptors (Lipinski definition) is 4. The van der Waals surface area contributed by atoms with Crippen LogP contribution in [-0.4, -0.2) is 40.3 Å². The van der Waals surface area contributed by atoms with Gasteiger partial charge in [0, 0.05) is 25.5 Å². The van der Waals surface area contributed by atoms with E-state index in [0.29, 0.717) is 0 Å². The maximum absolute atomic E-state index is 12.5. The fraction of sp³-hybridized carbons (Fsp3) is 0.545. The van der Waals surface area contributed by atoms with Crippen LogP contribution in [0.5, 0.6) is 0 Å². The minimum atomic E-state index is -4.15. The zero-order chi connectivity index (χ0) is 14.0. The summed E-state index contributed by atoms with van der Waals surface area (Å²) in [7, 11) is 0. The fourth-order valence-electron chi connectivity index (χ4n) is 2.00. The Morgan fingerprint density at radius 2 is 1.79 bits per heavy atom. The first-order valence-corrected chi connectivity index (χ1v) is 5.75. The second kappa shape index (κ2) is 5.02. The predicted octanol–water partition coefficient (Wildman–Crippen LogP) is 1.95. The van der Waals surface area contributed by atoms with Crippen LogP contribution in [0.1, 0.15) is 23.2 Å². The van der Waals surface area contributed by atoms with Crippen molar-refractivity contribution in [3.05, 3.63) is 18.0 Å². The summed E-state index contributed by atoms with van der Waals surface area (Å²) in [6.45, 7) is 0.438. The molecule has 0 bridgehead atoms. The van der Waals surface area contributed by atoms with Crippen molar-refractivity contribution < 1.29 is 23.1 Å². The van der Waals surface area contributed by atoms with Gasteiger partial charge in [-0.25, -0.2) is 14.8 Å². The third-order valence-electron chi connectivity index (χ3n) is 3.13. The van der Waals surface area contributed by atoms with Crippen LogP contribution in [0.2, 0.25) is 0 Å². The summed E-state index contributed by atoms with van der Waals surface area (Å²) >= 11 is 0. The monoisotopic (exact) mass is 275 g/mol. The number of anilines is 1. The van der Waals surface area contributed by atoms with Crippen LogP contribution in [0, 0.1) is 5.92 Å². The molecular weight excluding hydrogens is 263 g/mol. The molecule has 1 N–H and O–H groups in total. The van der Waals surface area contributed by atoms with Crippen LogP contribution < -0.4 is 4.90 Å². The molecule has 2 rings (SSSR count). The van der Waals surface area contributed by atoms with Gasteiger partial charge in [0.2, 0.25) is 5.95 Å². The van der Waals surface area contributed by atoms with Crippen LogP contribution in [0.25, 0.3) is 0 Å². The number of carboxylic acid groups (broad SMARTS) is 1. The molecular formula is C11H12F3N3O2. The number of rotatable bonds is 2. The van der Waals surface area contributed by atoms with Crippen LogP contribution in [-0.2, 0) is 0 Å². The van der Waals surface area contributed by atoms with Gasteiger partial charge >= 0.3 is 12.1 Å². The Kier molecular flexibility index (Phi) is 3.59. The zero-order valence-electron chi connectivity index (χ0n) is 9.89. The molecule has 0 amide bonds. The lowest BCUT2D eigenvalue weighted by atomic mass is 9.96. The minimum Gasteiger partial charge on any atom is -0.478 e. The second-order valence-corrected chi connectivity index (χ2v) is 4.38. The highest BCUT2D eigenvalue weighted by Crippen LogP contribution is 2.34. The maximum Gasteiger partial charge on any atom is 0.391 e. The Labute approximate surface area is 107 Å². The summed E-state index contributed by atoms with van der Waals surface area (Å²) in [6, 6.07) is 0. The van der Waals surface area contributed by atoms with E-state index in [2.05, 4.69) is 9.97 Å². The van der Waals surface area contributed by atoms with E-state index in [1.807, 2.05) is 0 Å². The molecule has 1 saturated heterocycles. The van der Waals surface area contributed by atoms with E-state index in [1.54, 1.807) is 4.90 Å². The Balaban J connectivity index is 2.00. The number of aromatic carboxylic acids is 1. The lowest BCUT2D eigenvalue weighted by Gasteiger charge is -2.32. The molecule has 1 aliphatic rings. The molecule has 2 heterocycles. The Bertz CT molecular complexity index is 453. The summed E-state index contributed by atoms with van der Waals surface area (Å²) in [4.78, 5) is 20.0. The molecule has 5 nitrogen and oxygen atoms in total. The highest BCUT2D eigenvalue weighted by molar-refractivity contribution is 5.86. The summed E-state index contributed by atoms with van der Waals surface area (Å²) < 4.78 is 37.5. The molecule has 1 aromatic rings. The fourth-order valence-corrected chi connectivity index (χ4v) is 2.00. The van der Waals surface area contributed by atoms with Gasteiger partial charge in [-0.05, 0) is 12.8 Å². The predicted molar refractivity (Wildman–Crippen MR) is 60.0 cm³/mol. The highest BCUT2D eigenvalue weighted by Gasteiger charge is 2.41. The smallest absolute Gasteiger partial charge is 0.391 e. The van der Waals surface area contributed by atoms with Crippen LogP contribution in [0.4, 0.5) is 19.1 Å². The third-order valence-corrected chi connectivity index (χ3v) is 3.13. The van der Waals surface area contributed by atoms with Gasteiger partial charge in [-0.1, -0.05) is 0 Å². The van der Waals surface area contributed by atoms with E-state index < -0.39 is 18.1 Å². The van der Waals surface area contributed by atoms with Gasteiger partial charge in [-0.3, -0.25) is 0 Å². The van der Waals surface area contributed by atoms with Crippen molar-refractivity contribution in [2.75, 3.05) is 18.0 Å². The summed E-state index contributed by atoms with van der Waals surface area (Å²) in [6.07, 6.45) is -1.83. The van der Waals surface area contributed by atoms with E-state index in [4.69, 9.17) is 5.11 Å². The molecule has 104 valence electrons. The van der Waals surface area contributed by atoms with E-state index in [1.165, 1.54) is 0 Å². The summed E-state index contributed by atoms with van der Waals surface area (Å²) in [5.41, 5.74) is -0.0473. The third kappa shape index (κ3) is 3.12. The molecule has 1 fully saturated rings. The van der Waals surface area contributed by atoms with Crippen molar-refractivity contribution in [2.24, 2.45) is 5.92 Å². The molecule has 0 aliphatic carbocycles. The summed E-state index contributed by atoms with van der Waals surface area (Å²) in [5.74, 6) is -2.14. The first-order valence-electron chi connectivity index (χ1n) is 5.75. The molecule has 1 aromatic heterocycles. The number of alkyl halides is 3. The first kappa shape index (κ1) is 13.6. The number of carboxylic acids is 1. The van der Waals surface area contributed by atoms with Gasteiger partial charge in [0.25, 0.3) is 0 Å². The standard InChI is InChI=1S/C11H12F3N3O2/c12-11(13,14)8-1-3-17(4-2-8)10-15-5-7(6-16-10)9(18)19/h5-6,8H,1-4H2,(H,18,19). The molecule has 0 saturated carbocycles.